The van der Waals surface area contributed by atoms with E-state index < -0.39 is 11.8 Å². The van der Waals surface area contributed by atoms with Gasteiger partial charge in [-0.15, -0.1) is 0 Å². The zero-order chi connectivity index (χ0) is 27.8. The zero-order valence-corrected chi connectivity index (χ0v) is 23.2. The van der Waals surface area contributed by atoms with Crippen LogP contribution in [0.4, 0.5) is 4.39 Å². The number of carbonyl (C=O) groups is 2. The van der Waals surface area contributed by atoms with Crippen molar-refractivity contribution in [3.05, 3.63) is 70.8 Å². The number of imidazole rings is 1. The topological polar surface area (TPSA) is 93.5 Å². The molecule has 0 unspecified atom stereocenters. The van der Waals surface area contributed by atoms with Gasteiger partial charge in [0, 0.05) is 17.2 Å². The van der Waals surface area contributed by atoms with E-state index in [9.17, 15) is 14.7 Å². The van der Waals surface area contributed by atoms with Gasteiger partial charge in [0.2, 0.25) is 5.91 Å². The summed E-state index contributed by atoms with van der Waals surface area (Å²) in [6, 6.07) is 11.6. The number of nitrogens with zero attached hydrogens (tertiary/aromatic N) is 2. The summed E-state index contributed by atoms with van der Waals surface area (Å²) < 4.78 is 22.9. The third kappa shape index (κ3) is 6.95. The minimum atomic E-state index is -1.07. The van der Waals surface area contributed by atoms with E-state index in [1.54, 1.807) is 34.9 Å². The van der Waals surface area contributed by atoms with Crippen molar-refractivity contribution in [1.29, 1.82) is 0 Å². The van der Waals surface area contributed by atoms with Crippen LogP contribution in [0.15, 0.2) is 42.5 Å². The predicted octanol–water partition coefficient (Wildman–Crippen LogP) is 5.61. The molecule has 3 aromatic rings. The number of carboxylic acid groups (broad SMARTS) is 1. The minimum absolute atomic E-state index is 0.0749. The number of hydrogen-bond acceptors (Lipinski definition) is 5. The van der Waals surface area contributed by atoms with Crippen molar-refractivity contribution < 1.29 is 23.8 Å². The van der Waals surface area contributed by atoms with Gasteiger partial charge in [-0.25, -0.2) is 9.18 Å². The van der Waals surface area contributed by atoms with E-state index in [4.69, 9.17) is 4.74 Å². The first kappa shape index (κ1) is 29.2. The van der Waals surface area contributed by atoms with Crippen LogP contribution in [0.2, 0.25) is 0 Å². The largest absolute Gasteiger partial charge is 0.478 e. The summed E-state index contributed by atoms with van der Waals surface area (Å²) in [7, 11) is 0. The lowest BCUT2D eigenvalue weighted by Crippen LogP contribution is -2.33. The monoisotopic (exact) mass is 541 g/mol. The Labute approximate surface area is 228 Å². The molecule has 204 valence electrons. The number of thiol groups is 1. The van der Waals surface area contributed by atoms with Crippen molar-refractivity contribution in [3.63, 3.8) is 0 Å². The van der Waals surface area contributed by atoms with Crippen molar-refractivity contribution in [2.24, 2.45) is 11.8 Å². The fourth-order valence-electron chi connectivity index (χ4n) is 4.48. The van der Waals surface area contributed by atoms with Crippen LogP contribution in [0.3, 0.4) is 0 Å². The van der Waals surface area contributed by atoms with Gasteiger partial charge in [0.25, 0.3) is 6.01 Å². The molecule has 0 saturated heterocycles. The van der Waals surface area contributed by atoms with E-state index in [1.807, 2.05) is 13.8 Å². The van der Waals surface area contributed by atoms with Crippen LogP contribution in [0.25, 0.3) is 11.1 Å². The first-order chi connectivity index (χ1) is 18.2. The number of rotatable bonds is 13. The average Bonchev–Trinajstić information content (AvgIpc) is 3.22. The summed E-state index contributed by atoms with van der Waals surface area (Å²) in [4.78, 5) is 29.1. The quantitative estimate of drug-likeness (QED) is 0.245. The molecule has 0 saturated carbocycles. The van der Waals surface area contributed by atoms with E-state index >= 15 is 4.39 Å². The number of nitrogens with one attached hydrogen (secondary N) is 1. The summed E-state index contributed by atoms with van der Waals surface area (Å²) in [5.74, 6) is -1.00. The first-order valence-electron chi connectivity index (χ1n) is 12.9. The second kappa shape index (κ2) is 13.5. The molecule has 2 aromatic carbocycles. The van der Waals surface area contributed by atoms with Crippen molar-refractivity contribution >= 4 is 24.5 Å². The molecule has 2 N–H and O–H groups in total. The maximum atomic E-state index is 15.4. The Morgan fingerprint density at radius 3 is 2.53 bits per heavy atom. The van der Waals surface area contributed by atoms with Crippen LogP contribution in [0.5, 0.6) is 6.01 Å². The highest BCUT2D eigenvalue weighted by molar-refractivity contribution is 7.80. The Morgan fingerprint density at radius 1 is 1.18 bits per heavy atom. The molecule has 0 aliphatic heterocycles. The van der Waals surface area contributed by atoms with E-state index in [2.05, 4.69) is 36.8 Å². The van der Waals surface area contributed by atoms with E-state index in [-0.39, 0.29) is 30.5 Å². The molecule has 38 heavy (non-hydrogen) atoms. The van der Waals surface area contributed by atoms with Crippen LogP contribution < -0.4 is 10.1 Å². The molecule has 7 nitrogen and oxygen atoms in total. The summed E-state index contributed by atoms with van der Waals surface area (Å²) in [6.07, 6.45) is 1.36. The Morgan fingerprint density at radius 2 is 1.92 bits per heavy atom. The van der Waals surface area contributed by atoms with Crippen LogP contribution in [0.1, 0.15) is 61.4 Å². The van der Waals surface area contributed by atoms with E-state index in [0.717, 1.165) is 17.8 Å². The van der Waals surface area contributed by atoms with Crippen LogP contribution >= 0.6 is 12.6 Å². The molecule has 9 heteroatoms. The van der Waals surface area contributed by atoms with Gasteiger partial charge < -0.3 is 15.2 Å². The van der Waals surface area contributed by atoms with Crippen LogP contribution in [-0.2, 0) is 24.3 Å². The standard InChI is InChI=1S/C29H36FN3O4S/c1-5-25-26(15-31-27(34)21(17-38)13-18(3)4)33(29(32-25)37-6-2)16-20-12-11-19(14-24(20)30)22-9-7-8-10-23(22)28(35)36/h7-12,14,18,21,38H,5-6,13,15-17H2,1-4H3,(H,31,34)(H,35,36)/t21-/m1/s1. The molecule has 0 fully saturated rings. The maximum Gasteiger partial charge on any atom is 0.336 e. The number of carbonyl (C=O) groups excluding carboxylic acids is 1. The fourth-order valence-corrected chi connectivity index (χ4v) is 4.79. The highest BCUT2D eigenvalue weighted by Gasteiger charge is 2.22. The van der Waals surface area contributed by atoms with Gasteiger partial charge in [-0.3, -0.25) is 9.36 Å². The molecule has 1 atom stereocenters. The number of aromatic carboxylic acids is 1. The number of amides is 1. The number of ether oxygens (including phenoxy) is 1. The number of halogens is 1. The molecular formula is C29H36FN3O4S. The number of hydrogen-bond donors (Lipinski definition) is 3. The van der Waals surface area contributed by atoms with Crippen molar-refractivity contribution in [2.75, 3.05) is 12.4 Å². The minimum Gasteiger partial charge on any atom is -0.478 e. The molecule has 0 aliphatic rings. The Kier molecular flexibility index (Phi) is 10.4. The number of benzene rings is 2. The number of carboxylic acids is 1. The van der Waals surface area contributed by atoms with Gasteiger partial charge in [-0.05, 0) is 48.9 Å². The van der Waals surface area contributed by atoms with Gasteiger partial charge in [-0.2, -0.15) is 17.6 Å². The van der Waals surface area contributed by atoms with Gasteiger partial charge in [0.15, 0.2) is 0 Å². The number of aromatic nitrogens is 2. The summed E-state index contributed by atoms with van der Waals surface area (Å²) in [5.41, 5.74) is 2.95. The van der Waals surface area contributed by atoms with Crippen molar-refractivity contribution in [1.82, 2.24) is 14.9 Å². The van der Waals surface area contributed by atoms with Crippen LogP contribution in [-0.4, -0.2) is 38.9 Å². The van der Waals surface area contributed by atoms with Gasteiger partial charge in [0.1, 0.15) is 5.82 Å². The summed E-state index contributed by atoms with van der Waals surface area (Å²) in [5, 5.41) is 12.5. The molecule has 1 heterocycles. The highest BCUT2D eigenvalue weighted by atomic mass is 32.1. The first-order valence-corrected chi connectivity index (χ1v) is 13.5. The third-order valence-electron chi connectivity index (χ3n) is 6.36. The molecular weight excluding hydrogens is 505 g/mol. The SMILES string of the molecule is CCOc1nc(CC)c(CNC(=O)[C@@H](CS)CC(C)C)n1Cc1ccc(-c2ccccc2C(=O)O)cc1F. The molecule has 0 spiro atoms. The Bertz CT molecular complexity index is 1270. The second-order valence-electron chi connectivity index (χ2n) is 9.54. The molecule has 1 aromatic heterocycles. The normalized spacial score (nSPS) is 12.0. The Hall–Kier alpha value is -3.33. The Balaban J connectivity index is 1.93. The van der Waals surface area contributed by atoms with E-state index in [0.29, 0.717) is 47.4 Å². The lowest BCUT2D eigenvalue weighted by molar-refractivity contribution is -0.125. The zero-order valence-electron chi connectivity index (χ0n) is 22.3. The highest BCUT2D eigenvalue weighted by Crippen LogP contribution is 2.28. The molecule has 3 rings (SSSR count). The molecule has 1 amide bonds. The van der Waals surface area contributed by atoms with Gasteiger partial charge in [-0.1, -0.05) is 51.1 Å². The lowest BCUT2D eigenvalue weighted by atomic mass is 9.98. The average molecular weight is 542 g/mol. The van der Waals surface area contributed by atoms with Crippen molar-refractivity contribution in [2.45, 2.75) is 53.6 Å². The molecule has 0 aliphatic carbocycles. The lowest BCUT2D eigenvalue weighted by Gasteiger charge is -2.18. The van der Waals surface area contributed by atoms with Crippen molar-refractivity contribution in [3.8, 4) is 17.1 Å². The predicted molar refractivity (Wildman–Crippen MR) is 149 cm³/mol. The fraction of sp³-hybridized carbons (Fsp3) is 0.414. The summed E-state index contributed by atoms with van der Waals surface area (Å²) >= 11 is 4.36. The smallest absolute Gasteiger partial charge is 0.336 e. The summed E-state index contributed by atoms with van der Waals surface area (Å²) in [6.45, 7) is 8.72. The van der Waals surface area contributed by atoms with E-state index in [1.165, 1.54) is 12.1 Å². The number of aryl methyl sites for hydroxylation is 1. The molecule has 0 radical (unpaired) electrons. The second-order valence-corrected chi connectivity index (χ2v) is 9.91. The van der Waals surface area contributed by atoms with Gasteiger partial charge >= 0.3 is 5.97 Å². The van der Waals surface area contributed by atoms with Gasteiger partial charge in [0.05, 0.1) is 36.6 Å². The van der Waals surface area contributed by atoms with Crippen LogP contribution in [0, 0.1) is 17.7 Å². The molecule has 0 bridgehead atoms. The third-order valence-corrected chi connectivity index (χ3v) is 6.80. The maximum absolute atomic E-state index is 15.4.